The maximum absolute atomic E-state index is 12.0. The maximum Gasteiger partial charge on any atom is 0.411 e. The van der Waals surface area contributed by atoms with E-state index in [1.54, 1.807) is 20.8 Å². The predicted octanol–water partition coefficient (Wildman–Crippen LogP) is 2.89. The number of benzene rings is 1. The second kappa shape index (κ2) is 11.3. The average Bonchev–Trinajstić information content (AvgIpc) is 2.58. The molecule has 1 aromatic carbocycles. The van der Waals surface area contributed by atoms with Crippen LogP contribution in [0.1, 0.15) is 26.3 Å². The Morgan fingerprint density at radius 3 is 2.37 bits per heavy atom. The van der Waals surface area contributed by atoms with Crippen LogP contribution in [0.15, 0.2) is 30.3 Å². The van der Waals surface area contributed by atoms with Crippen molar-refractivity contribution in [1.29, 1.82) is 0 Å². The third-order valence-electron chi connectivity index (χ3n) is 3.05. The van der Waals surface area contributed by atoms with Crippen LogP contribution in [-0.2, 0) is 25.6 Å². The lowest BCUT2D eigenvalue weighted by atomic mass is 10.2. The summed E-state index contributed by atoms with van der Waals surface area (Å²) < 4.78 is 15.0. The second-order valence-corrected chi connectivity index (χ2v) is 6.73. The van der Waals surface area contributed by atoms with E-state index >= 15 is 0 Å². The molecule has 0 aliphatic carbocycles. The largest absolute Gasteiger partial charge is 0.459 e. The quantitative estimate of drug-likeness (QED) is 0.409. The zero-order valence-corrected chi connectivity index (χ0v) is 16.5. The molecule has 1 N–H and O–H groups in total. The van der Waals surface area contributed by atoms with Gasteiger partial charge in [0.1, 0.15) is 18.8 Å². The summed E-state index contributed by atoms with van der Waals surface area (Å²) in [6.45, 7) is 5.05. The van der Waals surface area contributed by atoms with Crippen molar-refractivity contribution in [1.82, 2.24) is 10.2 Å². The van der Waals surface area contributed by atoms with Crippen LogP contribution in [0.5, 0.6) is 0 Å². The normalized spacial score (nSPS) is 10.7. The number of nitrogens with one attached hydrogen (secondary N) is 1. The Hall–Kier alpha value is -2.48. The molecule has 9 heteroatoms. The summed E-state index contributed by atoms with van der Waals surface area (Å²) in [4.78, 5) is 36.7. The third-order valence-corrected chi connectivity index (χ3v) is 3.16. The molecular formula is C18H25ClN2O6. The molecular weight excluding hydrogens is 376 g/mol. The van der Waals surface area contributed by atoms with Gasteiger partial charge in [-0.3, -0.25) is 9.69 Å². The summed E-state index contributed by atoms with van der Waals surface area (Å²) in [6.07, 6.45) is -1.41. The number of halogens is 1. The Morgan fingerprint density at radius 2 is 1.78 bits per heavy atom. The van der Waals surface area contributed by atoms with Gasteiger partial charge in [0.15, 0.2) is 6.07 Å². The first kappa shape index (κ1) is 22.6. The highest BCUT2D eigenvalue weighted by molar-refractivity contribution is 6.17. The summed E-state index contributed by atoms with van der Waals surface area (Å²) in [5.74, 6) is -0.609. The molecule has 1 rings (SSSR count). The number of rotatable bonds is 8. The molecule has 0 aromatic heterocycles. The molecule has 0 spiro atoms. The van der Waals surface area contributed by atoms with E-state index in [-0.39, 0.29) is 32.3 Å². The molecule has 0 aliphatic heterocycles. The van der Waals surface area contributed by atoms with Crippen LogP contribution < -0.4 is 5.32 Å². The van der Waals surface area contributed by atoms with Crippen molar-refractivity contribution in [3.63, 3.8) is 0 Å². The van der Waals surface area contributed by atoms with E-state index in [2.05, 4.69) is 5.32 Å². The SMILES string of the molecule is CC(C)(C)OC(=O)NCCN(CC(=O)OCc1ccccc1)C(=O)OCCl. The van der Waals surface area contributed by atoms with Crippen molar-refractivity contribution in [3.8, 4) is 0 Å². The van der Waals surface area contributed by atoms with Gasteiger partial charge in [0.2, 0.25) is 0 Å². The molecule has 0 unspecified atom stereocenters. The van der Waals surface area contributed by atoms with Crippen LogP contribution in [0.3, 0.4) is 0 Å². The van der Waals surface area contributed by atoms with Gasteiger partial charge < -0.3 is 19.5 Å². The minimum Gasteiger partial charge on any atom is -0.459 e. The monoisotopic (exact) mass is 400 g/mol. The first-order chi connectivity index (χ1) is 12.7. The fraction of sp³-hybridized carbons (Fsp3) is 0.500. The molecule has 1 aromatic rings. The van der Waals surface area contributed by atoms with Gasteiger partial charge in [-0.25, -0.2) is 9.59 Å². The molecule has 0 atom stereocenters. The molecule has 0 saturated heterocycles. The standard InChI is InChI=1S/C18H25ClN2O6/c1-18(2,3)27-16(23)20-9-10-21(17(24)26-13-19)11-15(22)25-12-14-7-5-4-6-8-14/h4-8H,9-13H2,1-3H3,(H,20,23). The summed E-state index contributed by atoms with van der Waals surface area (Å²) in [7, 11) is 0. The Bertz CT molecular complexity index is 618. The topological polar surface area (TPSA) is 94.2 Å². The number of nitrogens with zero attached hydrogens (tertiary/aromatic N) is 1. The van der Waals surface area contributed by atoms with Gasteiger partial charge >= 0.3 is 18.2 Å². The van der Waals surface area contributed by atoms with Crippen molar-refractivity contribution < 1.29 is 28.6 Å². The highest BCUT2D eigenvalue weighted by atomic mass is 35.5. The lowest BCUT2D eigenvalue weighted by Gasteiger charge is -2.22. The molecule has 150 valence electrons. The predicted molar refractivity (Wildman–Crippen MR) is 99.2 cm³/mol. The van der Waals surface area contributed by atoms with E-state index in [1.165, 1.54) is 0 Å². The van der Waals surface area contributed by atoms with E-state index < -0.39 is 23.8 Å². The van der Waals surface area contributed by atoms with Crippen molar-refractivity contribution in [3.05, 3.63) is 35.9 Å². The number of carbonyl (C=O) groups is 3. The fourth-order valence-corrected chi connectivity index (χ4v) is 2.01. The second-order valence-electron chi connectivity index (χ2n) is 6.52. The van der Waals surface area contributed by atoms with Crippen LogP contribution in [0.4, 0.5) is 9.59 Å². The summed E-state index contributed by atoms with van der Waals surface area (Å²) in [5.41, 5.74) is 0.190. The Kier molecular flexibility index (Phi) is 9.42. The Morgan fingerprint density at radius 1 is 1.11 bits per heavy atom. The van der Waals surface area contributed by atoms with E-state index in [4.69, 9.17) is 25.8 Å². The lowest BCUT2D eigenvalue weighted by molar-refractivity contribution is -0.145. The highest BCUT2D eigenvalue weighted by Crippen LogP contribution is 2.06. The zero-order valence-electron chi connectivity index (χ0n) is 15.7. The number of esters is 1. The number of alkyl carbamates (subject to hydrolysis) is 1. The van der Waals surface area contributed by atoms with Crippen molar-refractivity contribution >= 4 is 29.8 Å². The van der Waals surface area contributed by atoms with Crippen LogP contribution in [0, 0.1) is 0 Å². The Balaban J connectivity index is 2.49. The molecule has 27 heavy (non-hydrogen) atoms. The average molecular weight is 401 g/mol. The van der Waals surface area contributed by atoms with Crippen LogP contribution in [0.2, 0.25) is 0 Å². The molecule has 0 bridgehead atoms. The van der Waals surface area contributed by atoms with Gasteiger partial charge in [0, 0.05) is 13.1 Å². The fourth-order valence-electron chi connectivity index (χ4n) is 1.92. The molecule has 0 radical (unpaired) electrons. The minimum atomic E-state index is -0.785. The summed E-state index contributed by atoms with van der Waals surface area (Å²) in [5, 5.41) is 2.50. The summed E-state index contributed by atoms with van der Waals surface area (Å²) in [6, 6.07) is 8.79. The number of hydrogen-bond donors (Lipinski definition) is 1. The van der Waals surface area contributed by atoms with E-state index in [0.29, 0.717) is 0 Å². The van der Waals surface area contributed by atoms with Crippen LogP contribution in [-0.4, -0.2) is 54.4 Å². The highest BCUT2D eigenvalue weighted by Gasteiger charge is 2.21. The minimum absolute atomic E-state index is 0.0232. The molecule has 0 saturated carbocycles. The van der Waals surface area contributed by atoms with Gasteiger partial charge in [-0.15, -0.1) is 0 Å². The van der Waals surface area contributed by atoms with Gasteiger partial charge in [0.25, 0.3) is 0 Å². The summed E-state index contributed by atoms with van der Waals surface area (Å²) >= 11 is 5.40. The zero-order chi connectivity index (χ0) is 20.3. The molecule has 8 nitrogen and oxygen atoms in total. The molecule has 0 heterocycles. The van der Waals surface area contributed by atoms with Gasteiger partial charge in [-0.2, -0.15) is 0 Å². The van der Waals surface area contributed by atoms with Gasteiger partial charge in [-0.05, 0) is 26.3 Å². The molecule has 0 fully saturated rings. The number of ether oxygens (including phenoxy) is 3. The maximum atomic E-state index is 12.0. The van der Waals surface area contributed by atoms with E-state index in [0.717, 1.165) is 10.5 Å². The first-order valence-electron chi connectivity index (χ1n) is 8.35. The van der Waals surface area contributed by atoms with E-state index in [1.807, 2.05) is 30.3 Å². The van der Waals surface area contributed by atoms with E-state index in [9.17, 15) is 14.4 Å². The third kappa shape index (κ3) is 10.3. The lowest BCUT2D eigenvalue weighted by Crippen LogP contribution is -2.43. The number of amides is 2. The van der Waals surface area contributed by atoms with Gasteiger partial charge in [-0.1, -0.05) is 41.9 Å². The Labute approximate surface area is 163 Å². The number of alkyl halides is 1. The van der Waals surface area contributed by atoms with Crippen LogP contribution >= 0.6 is 11.6 Å². The van der Waals surface area contributed by atoms with Crippen LogP contribution in [0.25, 0.3) is 0 Å². The van der Waals surface area contributed by atoms with Crippen molar-refractivity contribution in [2.45, 2.75) is 33.0 Å². The molecule has 2 amide bonds. The van der Waals surface area contributed by atoms with Crippen molar-refractivity contribution in [2.24, 2.45) is 0 Å². The smallest absolute Gasteiger partial charge is 0.411 e. The molecule has 0 aliphatic rings. The number of hydrogen-bond acceptors (Lipinski definition) is 6. The van der Waals surface area contributed by atoms with Crippen molar-refractivity contribution in [2.75, 3.05) is 25.7 Å². The van der Waals surface area contributed by atoms with Gasteiger partial charge in [0.05, 0.1) is 0 Å². The number of carbonyl (C=O) groups excluding carboxylic acids is 3. The first-order valence-corrected chi connectivity index (χ1v) is 8.89.